The van der Waals surface area contributed by atoms with Crippen molar-refractivity contribution in [1.29, 1.82) is 0 Å². The van der Waals surface area contributed by atoms with E-state index >= 15 is 0 Å². The lowest BCUT2D eigenvalue weighted by molar-refractivity contribution is -0.0861. The first-order valence-corrected chi connectivity index (χ1v) is 13.2. The van der Waals surface area contributed by atoms with Gasteiger partial charge in [-0.25, -0.2) is 4.79 Å². The van der Waals surface area contributed by atoms with E-state index in [0.717, 1.165) is 28.2 Å². The van der Waals surface area contributed by atoms with E-state index in [1.807, 2.05) is 85.8 Å². The molecule has 210 valence electrons. The van der Waals surface area contributed by atoms with Gasteiger partial charge < -0.3 is 18.9 Å². The zero-order valence-corrected chi connectivity index (χ0v) is 23.5. The molecular formula is C32H36N2O6. The number of hydrogen-bond donors (Lipinski definition) is 1. The lowest BCUT2D eigenvalue weighted by Crippen LogP contribution is -2.39. The first-order valence-electron chi connectivity index (χ1n) is 13.2. The molecule has 1 heterocycles. The number of nitrogens with zero attached hydrogens (tertiary/aromatic N) is 1. The predicted molar refractivity (Wildman–Crippen MR) is 154 cm³/mol. The van der Waals surface area contributed by atoms with Crippen molar-refractivity contribution in [2.24, 2.45) is 0 Å². The van der Waals surface area contributed by atoms with Gasteiger partial charge in [-0.05, 0) is 54.3 Å². The number of aromatic nitrogens is 2. The summed E-state index contributed by atoms with van der Waals surface area (Å²) in [6.45, 7) is 3.69. The van der Waals surface area contributed by atoms with E-state index in [1.54, 1.807) is 28.3 Å². The van der Waals surface area contributed by atoms with Crippen LogP contribution in [0.2, 0.25) is 0 Å². The van der Waals surface area contributed by atoms with E-state index in [4.69, 9.17) is 18.9 Å². The summed E-state index contributed by atoms with van der Waals surface area (Å²) >= 11 is 0. The maximum absolute atomic E-state index is 12.7. The molecule has 1 aromatic heterocycles. The number of nitrogens with one attached hydrogen (secondary N) is 1. The van der Waals surface area contributed by atoms with Crippen LogP contribution in [-0.2, 0) is 15.1 Å². The Kier molecular flexibility index (Phi) is 9.24. The molecule has 8 nitrogen and oxygen atoms in total. The normalized spacial score (nSPS) is 13.0. The highest BCUT2D eigenvalue weighted by Gasteiger charge is 2.40. The molecule has 0 radical (unpaired) electrons. The standard InChI is InChI=1S/C32H36N2O6/c1-6-26(20-29(39-5)34-21-22(2)30(35)33-31(34)36)40-32(23-10-8-7-9-11-23,24-12-16-27(37-3)17-13-24)25-14-18-28(38-4)19-15-25/h7-19,21,26,29H,6,20H2,1-5H3,(H,33,35,36). The molecule has 3 aromatic carbocycles. The van der Waals surface area contributed by atoms with Crippen LogP contribution in [0, 0.1) is 6.92 Å². The third kappa shape index (κ3) is 5.88. The maximum Gasteiger partial charge on any atom is 0.330 e. The van der Waals surface area contributed by atoms with Gasteiger partial charge in [0.25, 0.3) is 5.56 Å². The lowest BCUT2D eigenvalue weighted by atomic mass is 9.79. The Morgan fingerprint density at radius 2 is 1.32 bits per heavy atom. The molecule has 0 fully saturated rings. The molecule has 0 aliphatic rings. The predicted octanol–water partition coefficient (Wildman–Crippen LogP) is 5.18. The van der Waals surface area contributed by atoms with Crippen LogP contribution in [0.5, 0.6) is 11.5 Å². The minimum atomic E-state index is -1.01. The van der Waals surface area contributed by atoms with E-state index in [-0.39, 0.29) is 6.10 Å². The molecule has 0 amide bonds. The fourth-order valence-corrected chi connectivity index (χ4v) is 4.92. The van der Waals surface area contributed by atoms with Gasteiger partial charge in [0.15, 0.2) is 0 Å². The first kappa shape index (κ1) is 28.9. The van der Waals surface area contributed by atoms with Crippen molar-refractivity contribution in [1.82, 2.24) is 9.55 Å². The molecule has 0 spiro atoms. The molecule has 2 atom stereocenters. The minimum absolute atomic E-state index is 0.353. The lowest BCUT2D eigenvalue weighted by Gasteiger charge is -2.39. The number of H-pyrrole nitrogens is 1. The van der Waals surface area contributed by atoms with Crippen LogP contribution in [-0.4, -0.2) is 37.0 Å². The average molecular weight is 545 g/mol. The van der Waals surface area contributed by atoms with Gasteiger partial charge in [-0.3, -0.25) is 14.3 Å². The van der Waals surface area contributed by atoms with Crippen LogP contribution in [0.3, 0.4) is 0 Å². The van der Waals surface area contributed by atoms with Gasteiger partial charge in [-0.1, -0.05) is 61.5 Å². The number of hydrogen-bond acceptors (Lipinski definition) is 6. The van der Waals surface area contributed by atoms with Crippen molar-refractivity contribution in [3.63, 3.8) is 0 Å². The van der Waals surface area contributed by atoms with Crippen LogP contribution in [0.15, 0.2) is 94.6 Å². The second kappa shape index (κ2) is 12.8. The van der Waals surface area contributed by atoms with Crippen LogP contribution in [0.1, 0.15) is 48.2 Å². The van der Waals surface area contributed by atoms with Crippen LogP contribution in [0.4, 0.5) is 0 Å². The molecule has 2 unspecified atom stereocenters. The number of aryl methyl sites for hydroxylation is 1. The highest BCUT2D eigenvalue weighted by Crippen LogP contribution is 2.43. The van der Waals surface area contributed by atoms with Gasteiger partial charge in [0.05, 0.1) is 20.3 Å². The summed E-state index contributed by atoms with van der Waals surface area (Å²) in [4.78, 5) is 27.0. The third-order valence-corrected chi connectivity index (χ3v) is 7.16. The highest BCUT2D eigenvalue weighted by molar-refractivity contribution is 5.49. The molecule has 1 N–H and O–H groups in total. The highest BCUT2D eigenvalue weighted by atomic mass is 16.5. The molecule has 0 aliphatic heterocycles. The van der Waals surface area contributed by atoms with Gasteiger partial charge in [0, 0.05) is 25.3 Å². The Bertz CT molecular complexity index is 1450. The molecule has 40 heavy (non-hydrogen) atoms. The summed E-state index contributed by atoms with van der Waals surface area (Å²) in [5.41, 5.74) is 1.23. The van der Waals surface area contributed by atoms with Crippen molar-refractivity contribution >= 4 is 0 Å². The van der Waals surface area contributed by atoms with E-state index in [9.17, 15) is 9.59 Å². The molecular weight excluding hydrogens is 508 g/mol. The fourth-order valence-electron chi connectivity index (χ4n) is 4.92. The molecule has 0 saturated heterocycles. The molecule has 0 aliphatic carbocycles. The maximum atomic E-state index is 12.7. The Balaban J connectivity index is 1.86. The van der Waals surface area contributed by atoms with Gasteiger partial charge in [0.2, 0.25) is 0 Å². The zero-order valence-electron chi connectivity index (χ0n) is 23.5. The second-order valence-corrected chi connectivity index (χ2v) is 9.56. The summed E-state index contributed by atoms with van der Waals surface area (Å²) in [5, 5.41) is 0. The number of aromatic amines is 1. The second-order valence-electron chi connectivity index (χ2n) is 9.56. The minimum Gasteiger partial charge on any atom is -0.497 e. The molecule has 0 bridgehead atoms. The van der Waals surface area contributed by atoms with Crippen LogP contribution >= 0.6 is 0 Å². The summed E-state index contributed by atoms with van der Waals surface area (Å²) in [5.74, 6) is 1.47. The quantitative estimate of drug-likeness (QED) is 0.247. The summed E-state index contributed by atoms with van der Waals surface area (Å²) in [6.07, 6.45) is 1.51. The van der Waals surface area contributed by atoms with Gasteiger partial charge >= 0.3 is 5.69 Å². The molecule has 4 aromatic rings. The topological polar surface area (TPSA) is 91.8 Å². The van der Waals surface area contributed by atoms with Crippen molar-refractivity contribution in [2.45, 2.75) is 44.6 Å². The van der Waals surface area contributed by atoms with Crippen molar-refractivity contribution in [3.05, 3.63) is 128 Å². The number of rotatable bonds is 12. The Labute approximate surface area is 234 Å². The van der Waals surface area contributed by atoms with E-state index in [1.165, 1.54) is 10.8 Å². The number of benzene rings is 3. The Morgan fingerprint density at radius 1 is 0.800 bits per heavy atom. The van der Waals surface area contributed by atoms with Crippen LogP contribution < -0.4 is 20.7 Å². The molecule has 4 rings (SSSR count). The van der Waals surface area contributed by atoms with Crippen molar-refractivity contribution < 1.29 is 18.9 Å². The summed E-state index contributed by atoms with van der Waals surface area (Å²) in [6, 6.07) is 25.7. The SMILES string of the molecule is CCC(CC(OC)n1cc(C)c(=O)[nH]c1=O)OC(c1ccccc1)(c1ccc(OC)cc1)c1ccc(OC)cc1. The van der Waals surface area contributed by atoms with Gasteiger partial charge in [-0.15, -0.1) is 0 Å². The van der Waals surface area contributed by atoms with Gasteiger partial charge in [0.1, 0.15) is 23.3 Å². The molecule has 0 saturated carbocycles. The fraction of sp³-hybridized carbons (Fsp3) is 0.312. The third-order valence-electron chi connectivity index (χ3n) is 7.16. The van der Waals surface area contributed by atoms with E-state index in [0.29, 0.717) is 18.4 Å². The smallest absolute Gasteiger partial charge is 0.330 e. The van der Waals surface area contributed by atoms with Gasteiger partial charge in [-0.2, -0.15) is 0 Å². The Morgan fingerprint density at radius 3 is 1.80 bits per heavy atom. The van der Waals surface area contributed by atoms with E-state index in [2.05, 4.69) is 4.98 Å². The number of methoxy groups -OCH3 is 3. The summed E-state index contributed by atoms with van der Waals surface area (Å²) in [7, 11) is 4.82. The summed E-state index contributed by atoms with van der Waals surface area (Å²) < 4.78 is 25.2. The Hall–Kier alpha value is -4.14. The monoisotopic (exact) mass is 544 g/mol. The molecule has 8 heteroatoms. The number of ether oxygens (including phenoxy) is 4. The van der Waals surface area contributed by atoms with Crippen molar-refractivity contribution in [2.75, 3.05) is 21.3 Å². The average Bonchev–Trinajstić information content (AvgIpc) is 3.00. The largest absolute Gasteiger partial charge is 0.497 e. The zero-order chi connectivity index (χ0) is 28.7. The van der Waals surface area contributed by atoms with Crippen molar-refractivity contribution in [3.8, 4) is 11.5 Å². The van der Waals surface area contributed by atoms with Crippen LogP contribution in [0.25, 0.3) is 0 Å². The van der Waals surface area contributed by atoms with E-state index < -0.39 is 23.1 Å². The first-order chi connectivity index (χ1) is 19.4.